The number of H-pyrrole nitrogens is 1. The minimum atomic E-state index is 0.0703. The molecule has 1 saturated heterocycles. The molecule has 2 aliphatic rings. The minimum absolute atomic E-state index is 0.0703. The molecule has 0 radical (unpaired) electrons. The van der Waals surface area contributed by atoms with Crippen LogP contribution in [0.4, 0.5) is 0 Å². The van der Waals surface area contributed by atoms with E-state index < -0.39 is 0 Å². The van der Waals surface area contributed by atoms with E-state index in [2.05, 4.69) is 16.3 Å². The Balaban J connectivity index is 1.33. The van der Waals surface area contributed by atoms with E-state index in [9.17, 15) is 9.59 Å². The third-order valence-electron chi connectivity index (χ3n) is 6.43. The standard InChI is InChI=1S/C24H26N4O2/c29-23(8-4-5-17-12-25-26-13-17)27-14-18-9-21(16-27)22-10-20(11-24(30)28(22)15-18)19-6-2-1-3-7-19/h1-3,6-7,10-13,18,21H,4-5,8-9,14-16H2,(H,25,26)/t18-,21+/m0/s1. The first-order valence-electron chi connectivity index (χ1n) is 10.7. The fourth-order valence-electron chi connectivity index (χ4n) is 4.98. The van der Waals surface area contributed by atoms with E-state index in [1.54, 1.807) is 6.07 Å². The van der Waals surface area contributed by atoms with Crippen molar-refractivity contribution in [2.24, 2.45) is 5.92 Å². The Morgan fingerprint density at radius 1 is 1.10 bits per heavy atom. The van der Waals surface area contributed by atoms with Gasteiger partial charge in [-0.3, -0.25) is 14.7 Å². The zero-order valence-corrected chi connectivity index (χ0v) is 17.0. The van der Waals surface area contributed by atoms with Crippen LogP contribution in [0.1, 0.15) is 36.4 Å². The van der Waals surface area contributed by atoms with Crippen LogP contribution in [0, 0.1) is 5.92 Å². The molecule has 6 heteroatoms. The number of carbonyl (C=O) groups is 1. The van der Waals surface area contributed by atoms with Crippen LogP contribution in [0.15, 0.2) is 59.7 Å². The molecule has 30 heavy (non-hydrogen) atoms. The molecule has 0 unspecified atom stereocenters. The summed E-state index contributed by atoms with van der Waals surface area (Å²) < 4.78 is 1.94. The summed E-state index contributed by atoms with van der Waals surface area (Å²) in [7, 11) is 0. The second kappa shape index (κ2) is 7.94. The van der Waals surface area contributed by atoms with Gasteiger partial charge in [-0.1, -0.05) is 30.3 Å². The van der Waals surface area contributed by atoms with Gasteiger partial charge in [-0.2, -0.15) is 5.10 Å². The molecule has 2 aliphatic heterocycles. The number of hydrogen-bond donors (Lipinski definition) is 1. The van der Waals surface area contributed by atoms with Gasteiger partial charge in [-0.25, -0.2) is 0 Å². The number of carbonyl (C=O) groups excluding carboxylic acids is 1. The van der Waals surface area contributed by atoms with Crippen LogP contribution in [0.5, 0.6) is 0 Å². The Bertz CT molecular complexity index is 1090. The number of nitrogens with zero attached hydrogens (tertiary/aromatic N) is 3. The summed E-state index contributed by atoms with van der Waals surface area (Å²) in [6, 6.07) is 13.9. The molecule has 3 aromatic rings. The third-order valence-corrected chi connectivity index (χ3v) is 6.43. The Kier molecular flexibility index (Phi) is 4.99. The maximum absolute atomic E-state index is 12.9. The van der Waals surface area contributed by atoms with E-state index >= 15 is 0 Å². The van der Waals surface area contributed by atoms with Crippen molar-refractivity contribution in [3.05, 3.63) is 76.5 Å². The summed E-state index contributed by atoms with van der Waals surface area (Å²) in [5, 5.41) is 6.77. The summed E-state index contributed by atoms with van der Waals surface area (Å²) >= 11 is 0. The van der Waals surface area contributed by atoms with Crippen LogP contribution < -0.4 is 5.56 Å². The van der Waals surface area contributed by atoms with Crippen LogP contribution in [0.25, 0.3) is 11.1 Å². The number of amides is 1. The lowest BCUT2D eigenvalue weighted by Gasteiger charge is -2.43. The van der Waals surface area contributed by atoms with Crippen molar-refractivity contribution in [1.82, 2.24) is 19.7 Å². The Morgan fingerprint density at radius 2 is 1.97 bits per heavy atom. The lowest BCUT2D eigenvalue weighted by atomic mass is 9.82. The van der Waals surface area contributed by atoms with Crippen molar-refractivity contribution in [2.45, 2.75) is 38.1 Å². The fraction of sp³-hybridized carbons (Fsp3) is 0.375. The monoisotopic (exact) mass is 402 g/mol. The maximum atomic E-state index is 12.9. The first-order valence-corrected chi connectivity index (χ1v) is 10.7. The highest BCUT2D eigenvalue weighted by Gasteiger charge is 2.36. The van der Waals surface area contributed by atoms with Crippen LogP contribution in [0.2, 0.25) is 0 Å². The predicted octanol–water partition coefficient (Wildman–Crippen LogP) is 3.21. The van der Waals surface area contributed by atoms with Gasteiger partial charge >= 0.3 is 0 Å². The van der Waals surface area contributed by atoms with Crippen LogP contribution in [0.3, 0.4) is 0 Å². The largest absolute Gasteiger partial charge is 0.342 e. The number of aromatic nitrogens is 3. The number of nitrogens with one attached hydrogen (secondary N) is 1. The van der Waals surface area contributed by atoms with Gasteiger partial charge in [0.25, 0.3) is 5.56 Å². The van der Waals surface area contributed by atoms with Crippen LogP contribution in [-0.2, 0) is 17.8 Å². The highest BCUT2D eigenvalue weighted by Crippen LogP contribution is 2.36. The van der Waals surface area contributed by atoms with E-state index in [1.165, 1.54) is 0 Å². The molecular weight excluding hydrogens is 376 g/mol. The number of piperidine rings is 1. The van der Waals surface area contributed by atoms with Gasteiger partial charge < -0.3 is 9.47 Å². The topological polar surface area (TPSA) is 71.0 Å². The quantitative estimate of drug-likeness (QED) is 0.712. The number of rotatable bonds is 5. The van der Waals surface area contributed by atoms with E-state index in [0.29, 0.717) is 25.4 Å². The van der Waals surface area contributed by atoms with Crippen molar-refractivity contribution in [3.63, 3.8) is 0 Å². The number of aryl methyl sites for hydroxylation is 1. The number of fused-ring (bicyclic) bond motifs is 4. The molecule has 2 aromatic heterocycles. The minimum Gasteiger partial charge on any atom is -0.342 e. The molecule has 0 aliphatic carbocycles. The van der Waals surface area contributed by atoms with Crippen LogP contribution >= 0.6 is 0 Å². The first kappa shape index (κ1) is 18.9. The van der Waals surface area contributed by atoms with Gasteiger partial charge in [-0.05, 0) is 47.9 Å². The lowest BCUT2D eigenvalue weighted by Crippen LogP contribution is -2.49. The average molecular weight is 402 g/mol. The summed E-state index contributed by atoms with van der Waals surface area (Å²) in [6.45, 7) is 2.17. The Labute approximate surface area is 175 Å². The maximum Gasteiger partial charge on any atom is 0.251 e. The molecule has 1 N–H and O–H groups in total. The summed E-state index contributed by atoms with van der Waals surface area (Å²) in [4.78, 5) is 27.7. The van der Waals surface area contributed by atoms with E-state index in [0.717, 1.165) is 48.2 Å². The second-order valence-electron chi connectivity index (χ2n) is 8.54. The Morgan fingerprint density at radius 3 is 2.77 bits per heavy atom. The van der Waals surface area contributed by atoms with Gasteiger partial charge in [-0.15, -0.1) is 0 Å². The van der Waals surface area contributed by atoms with Crippen LogP contribution in [-0.4, -0.2) is 38.7 Å². The van der Waals surface area contributed by atoms with Gasteiger partial charge in [0.15, 0.2) is 0 Å². The number of benzene rings is 1. The van der Waals surface area contributed by atoms with Gasteiger partial charge in [0, 0.05) is 49.9 Å². The SMILES string of the molecule is O=C(CCCc1cn[nH]c1)N1C[C@@H]2C[C@H](C1)c1cc(-c3ccccc3)cc(=O)n1C2. The summed E-state index contributed by atoms with van der Waals surface area (Å²) in [6.07, 6.45) is 7.00. The smallest absolute Gasteiger partial charge is 0.251 e. The van der Waals surface area contributed by atoms with E-state index in [-0.39, 0.29) is 17.4 Å². The van der Waals surface area contributed by atoms with Crippen molar-refractivity contribution in [2.75, 3.05) is 13.1 Å². The number of likely N-dealkylation sites (tertiary alicyclic amines) is 1. The molecule has 0 saturated carbocycles. The predicted molar refractivity (Wildman–Crippen MR) is 115 cm³/mol. The highest BCUT2D eigenvalue weighted by atomic mass is 16.2. The lowest BCUT2D eigenvalue weighted by molar-refractivity contribution is -0.134. The van der Waals surface area contributed by atoms with Gasteiger partial charge in [0.2, 0.25) is 5.91 Å². The fourth-order valence-corrected chi connectivity index (χ4v) is 4.98. The van der Waals surface area contributed by atoms with E-state index in [1.807, 2.05) is 52.2 Å². The molecule has 5 rings (SSSR count). The number of aromatic amines is 1. The zero-order chi connectivity index (χ0) is 20.5. The molecule has 1 amide bonds. The van der Waals surface area contributed by atoms with Gasteiger partial charge in [0.1, 0.15) is 0 Å². The van der Waals surface area contributed by atoms with Crippen molar-refractivity contribution < 1.29 is 4.79 Å². The summed E-state index contributed by atoms with van der Waals surface area (Å²) in [5.41, 5.74) is 4.31. The molecular formula is C24H26N4O2. The molecule has 2 bridgehead atoms. The third kappa shape index (κ3) is 3.70. The molecule has 1 fully saturated rings. The second-order valence-corrected chi connectivity index (χ2v) is 8.54. The molecule has 0 spiro atoms. The van der Waals surface area contributed by atoms with E-state index in [4.69, 9.17) is 0 Å². The molecule has 6 nitrogen and oxygen atoms in total. The molecule has 2 atom stereocenters. The van der Waals surface area contributed by atoms with Crippen molar-refractivity contribution in [3.8, 4) is 11.1 Å². The highest BCUT2D eigenvalue weighted by molar-refractivity contribution is 5.76. The van der Waals surface area contributed by atoms with Gasteiger partial charge in [0.05, 0.1) is 6.20 Å². The number of hydrogen-bond acceptors (Lipinski definition) is 3. The molecule has 1 aromatic carbocycles. The van der Waals surface area contributed by atoms with Crippen molar-refractivity contribution in [1.29, 1.82) is 0 Å². The average Bonchev–Trinajstić information content (AvgIpc) is 3.28. The van der Waals surface area contributed by atoms with Crippen molar-refractivity contribution >= 4 is 5.91 Å². The molecule has 4 heterocycles. The Hall–Kier alpha value is -3.15. The number of pyridine rings is 1. The zero-order valence-electron chi connectivity index (χ0n) is 17.0. The molecule has 154 valence electrons. The normalized spacial score (nSPS) is 20.1. The summed E-state index contributed by atoms with van der Waals surface area (Å²) in [5.74, 6) is 0.809. The first-order chi connectivity index (χ1) is 14.7.